The second-order valence-electron chi connectivity index (χ2n) is 3.66. The second kappa shape index (κ2) is 3.44. The van der Waals surface area contributed by atoms with Gasteiger partial charge in [-0.05, 0) is 18.6 Å². The summed E-state index contributed by atoms with van der Waals surface area (Å²) in [6.45, 7) is 3.30. The average molecular weight is 218 g/mol. The zero-order valence-corrected chi connectivity index (χ0v) is 8.93. The SMILES string of the molecule is CC(=O)n1cc(C)c2ccc([N+](=O)[O-])cc21. The maximum Gasteiger partial charge on any atom is 0.271 e. The number of hydrogen-bond acceptors (Lipinski definition) is 3. The lowest BCUT2D eigenvalue weighted by molar-refractivity contribution is -0.384. The molecule has 2 rings (SSSR count). The number of non-ortho nitro benzene ring substituents is 1. The van der Waals surface area contributed by atoms with E-state index < -0.39 is 4.92 Å². The first-order valence-corrected chi connectivity index (χ1v) is 4.78. The number of nitro groups is 1. The van der Waals surface area contributed by atoms with E-state index in [9.17, 15) is 14.9 Å². The van der Waals surface area contributed by atoms with Crippen molar-refractivity contribution in [2.24, 2.45) is 0 Å². The molecule has 0 aliphatic carbocycles. The molecule has 0 saturated heterocycles. The van der Waals surface area contributed by atoms with Gasteiger partial charge >= 0.3 is 0 Å². The highest BCUT2D eigenvalue weighted by atomic mass is 16.6. The van der Waals surface area contributed by atoms with Crippen molar-refractivity contribution in [1.29, 1.82) is 0 Å². The Morgan fingerprint density at radius 2 is 2.12 bits per heavy atom. The van der Waals surface area contributed by atoms with Crippen molar-refractivity contribution in [1.82, 2.24) is 4.57 Å². The van der Waals surface area contributed by atoms with Crippen molar-refractivity contribution >= 4 is 22.5 Å². The molecule has 5 heteroatoms. The van der Waals surface area contributed by atoms with Gasteiger partial charge in [-0.1, -0.05) is 0 Å². The Morgan fingerprint density at radius 1 is 1.44 bits per heavy atom. The zero-order chi connectivity index (χ0) is 11.9. The van der Waals surface area contributed by atoms with Crippen LogP contribution in [-0.2, 0) is 0 Å². The van der Waals surface area contributed by atoms with E-state index in [1.54, 1.807) is 12.3 Å². The maximum absolute atomic E-state index is 11.3. The molecule has 0 N–H and O–H groups in total. The number of hydrogen-bond donors (Lipinski definition) is 0. The minimum absolute atomic E-state index is 0.00639. The standard InChI is InChI=1S/C11H10N2O3/c1-7-6-12(8(2)14)11-5-9(13(15)16)3-4-10(7)11/h3-6H,1-2H3. The van der Waals surface area contributed by atoms with Gasteiger partial charge in [-0.15, -0.1) is 0 Å². The molecule has 0 saturated carbocycles. The molecule has 82 valence electrons. The second-order valence-corrected chi connectivity index (χ2v) is 3.66. The molecule has 0 aliphatic heterocycles. The number of fused-ring (bicyclic) bond motifs is 1. The first-order chi connectivity index (χ1) is 7.50. The van der Waals surface area contributed by atoms with Crippen LogP contribution >= 0.6 is 0 Å². The summed E-state index contributed by atoms with van der Waals surface area (Å²) < 4.78 is 1.43. The highest BCUT2D eigenvalue weighted by Crippen LogP contribution is 2.25. The third kappa shape index (κ3) is 1.46. The van der Waals surface area contributed by atoms with Gasteiger partial charge in [0.25, 0.3) is 5.69 Å². The number of aromatic nitrogens is 1. The van der Waals surface area contributed by atoms with Crippen LogP contribution in [0.3, 0.4) is 0 Å². The molecule has 0 fully saturated rings. The molecule has 2 aromatic rings. The Balaban J connectivity index is 2.79. The summed E-state index contributed by atoms with van der Waals surface area (Å²) in [5.74, 6) is -0.154. The molecular formula is C11H10N2O3. The van der Waals surface area contributed by atoms with Crippen molar-refractivity contribution in [2.45, 2.75) is 13.8 Å². The van der Waals surface area contributed by atoms with Crippen molar-refractivity contribution in [3.8, 4) is 0 Å². The summed E-state index contributed by atoms with van der Waals surface area (Å²) in [7, 11) is 0. The fraction of sp³-hybridized carbons (Fsp3) is 0.182. The van der Waals surface area contributed by atoms with E-state index in [-0.39, 0.29) is 11.6 Å². The predicted octanol–water partition coefficient (Wildman–Crippen LogP) is 2.52. The number of nitro benzene ring substituents is 1. The first-order valence-electron chi connectivity index (χ1n) is 4.78. The van der Waals surface area contributed by atoms with Crippen molar-refractivity contribution in [3.05, 3.63) is 40.1 Å². The van der Waals surface area contributed by atoms with Crippen LogP contribution in [0.1, 0.15) is 17.3 Å². The van der Waals surface area contributed by atoms with Crippen LogP contribution in [-0.4, -0.2) is 15.4 Å². The van der Waals surface area contributed by atoms with Gasteiger partial charge in [-0.2, -0.15) is 0 Å². The Morgan fingerprint density at radius 3 is 2.69 bits per heavy atom. The first kappa shape index (κ1) is 10.4. The number of rotatable bonds is 1. The number of carbonyl (C=O) groups is 1. The van der Waals surface area contributed by atoms with E-state index in [0.717, 1.165) is 10.9 Å². The van der Waals surface area contributed by atoms with Gasteiger partial charge < -0.3 is 0 Å². The summed E-state index contributed by atoms with van der Waals surface area (Å²) >= 11 is 0. The summed E-state index contributed by atoms with van der Waals surface area (Å²) in [5, 5.41) is 11.5. The lowest BCUT2D eigenvalue weighted by Crippen LogP contribution is -2.03. The van der Waals surface area contributed by atoms with Crippen LogP contribution in [0.4, 0.5) is 5.69 Å². The van der Waals surface area contributed by atoms with Crippen molar-refractivity contribution in [3.63, 3.8) is 0 Å². The molecule has 0 aliphatic rings. The van der Waals surface area contributed by atoms with Gasteiger partial charge in [0.15, 0.2) is 0 Å². The molecule has 16 heavy (non-hydrogen) atoms. The van der Waals surface area contributed by atoms with Crippen LogP contribution < -0.4 is 0 Å². The third-order valence-electron chi connectivity index (χ3n) is 2.54. The molecule has 0 radical (unpaired) electrons. The van der Waals surface area contributed by atoms with E-state index in [0.29, 0.717) is 5.52 Å². The maximum atomic E-state index is 11.3. The Hall–Kier alpha value is -2.17. The summed E-state index contributed by atoms with van der Waals surface area (Å²) in [6.07, 6.45) is 1.69. The highest BCUT2D eigenvalue weighted by molar-refractivity contribution is 5.94. The topological polar surface area (TPSA) is 65.1 Å². The van der Waals surface area contributed by atoms with Crippen molar-refractivity contribution < 1.29 is 9.72 Å². The van der Waals surface area contributed by atoms with Gasteiger partial charge in [-0.25, -0.2) is 0 Å². The normalized spacial score (nSPS) is 10.6. The van der Waals surface area contributed by atoms with Gasteiger partial charge in [0.05, 0.1) is 10.4 Å². The molecule has 0 amide bonds. The molecule has 0 atom stereocenters. The third-order valence-corrected chi connectivity index (χ3v) is 2.54. The number of nitrogens with zero attached hydrogens (tertiary/aromatic N) is 2. The summed E-state index contributed by atoms with van der Waals surface area (Å²) in [5.41, 5.74) is 1.51. The van der Waals surface area contributed by atoms with E-state index in [4.69, 9.17) is 0 Å². The Kier molecular flexibility index (Phi) is 2.23. The Bertz CT molecular complexity index is 599. The quantitative estimate of drug-likeness (QED) is 0.545. The average Bonchev–Trinajstić information content (AvgIpc) is 2.56. The number of aryl methyl sites for hydroxylation is 1. The van der Waals surface area contributed by atoms with Gasteiger partial charge in [0.2, 0.25) is 5.91 Å². The van der Waals surface area contributed by atoms with Gasteiger partial charge in [0, 0.05) is 30.6 Å². The van der Waals surface area contributed by atoms with Crippen molar-refractivity contribution in [2.75, 3.05) is 0 Å². The molecule has 0 bridgehead atoms. The zero-order valence-electron chi connectivity index (χ0n) is 8.93. The minimum Gasteiger partial charge on any atom is -0.287 e. The Labute approximate surface area is 91.4 Å². The molecular weight excluding hydrogens is 208 g/mol. The fourth-order valence-electron chi connectivity index (χ4n) is 1.76. The summed E-state index contributed by atoms with van der Waals surface area (Å²) in [4.78, 5) is 21.5. The fourth-order valence-corrected chi connectivity index (χ4v) is 1.76. The molecule has 1 aromatic carbocycles. The minimum atomic E-state index is -0.466. The molecule has 0 unspecified atom stereocenters. The number of carbonyl (C=O) groups excluding carboxylic acids is 1. The van der Waals surface area contributed by atoms with E-state index >= 15 is 0 Å². The highest BCUT2D eigenvalue weighted by Gasteiger charge is 2.12. The van der Waals surface area contributed by atoms with Gasteiger partial charge in [-0.3, -0.25) is 19.5 Å². The lowest BCUT2D eigenvalue weighted by atomic mass is 10.2. The van der Waals surface area contributed by atoms with Crippen LogP contribution in [0.2, 0.25) is 0 Å². The van der Waals surface area contributed by atoms with Gasteiger partial charge in [0.1, 0.15) is 0 Å². The lowest BCUT2D eigenvalue weighted by Gasteiger charge is -1.98. The molecule has 1 heterocycles. The largest absolute Gasteiger partial charge is 0.287 e. The molecule has 1 aromatic heterocycles. The molecule has 0 spiro atoms. The predicted molar refractivity (Wildman–Crippen MR) is 59.6 cm³/mol. The van der Waals surface area contributed by atoms with Crippen LogP contribution in [0.5, 0.6) is 0 Å². The number of benzene rings is 1. The molecule has 5 nitrogen and oxygen atoms in total. The summed E-state index contributed by atoms with van der Waals surface area (Å²) in [6, 6.07) is 4.53. The van der Waals surface area contributed by atoms with Crippen LogP contribution in [0.25, 0.3) is 10.9 Å². The van der Waals surface area contributed by atoms with E-state index in [2.05, 4.69) is 0 Å². The van der Waals surface area contributed by atoms with E-state index in [1.807, 2.05) is 6.92 Å². The van der Waals surface area contributed by atoms with Crippen LogP contribution in [0, 0.1) is 17.0 Å². The van der Waals surface area contributed by atoms with Crippen LogP contribution in [0.15, 0.2) is 24.4 Å². The smallest absolute Gasteiger partial charge is 0.271 e. The van der Waals surface area contributed by atoms with E-state index in [1.165, 1.54) is 23.6 Å². The monoisotopic (exact) mass is 218 g/mol.